The summed E-state index contributed by atoms with van der Waals surface area (Å²) in [5.74, 6) is 1.58. The Bertz CT molecular complexity index is 1030. The van der Waals surface area contributed by atoms with E-state index >= 15 is 0 Å². The Morgan fingerprint density at radius 2 is 1.58 bits per heavy atom. The highest BCUT2D eigenvalue weighted by Gasteiger charge is 2.08. The average Bonchev–Trinajstić information content (AvgIpc) is 2.81. The fourth-order valence-electron chi connectivity index (χ4n) is 2.83. The molecule has 0 aliphatic heterocycles. The fourth-order valence-corrected chi connectivity index (χ4v) is 2.83. The highest BCUT2D eigenvalue weighted by molar-refractivity contribution is 5.92. The normalized spacial score (nSPS) is 11.5. The Hall–Kier alpha value is -3.82. The molecule has 1 unspecified atom stereocenters. The number of aliphatic hydroxyl groups is 1. The van der Waals surface area contributed by atoms with E-state index in [1.54, 1.807) is 43.4 Å². The van der Waals surface area contributed by atoms with E-state index in [1.807, 2.05) is 38.4 Å². The molecule has 3 rings (SSSR count). The van der Waals surface area contributed by atoms with Crippen molar-refractivity contribution in [2.24, 2.45) is 0 Å². The highest BCUT2D eigenvalue weighted by Crippen LogP contribution is 2.24. The van der Waals surface area contributed by atoms with Crippen LogP contribution in [0.15, 0.2) is 66.9 Å². The lowest BCUT2D eigenvalue weighted by atomic mass is 10.3. The molecule has 1 atom stereocenters. The van der Waals surface area contributed by atoms with Crippen LogP contribution in [-0.2, 0) is 0 Å². The second-order valence-electron chi connectivity index (χ2n) is 7.45. The molecule has 0 radical (unpaired) electrons. The predicted molar refractivity (Wildman–Crippen MR) is 128 cm³/mol. The smallest absolute Gasteiger partial charge is 0.269 e. The molecule has 0 aliphatic rings. The molecule has 9 heteroatoms. The number of benzene rings is 2. The lowest BCUT2D eigenvalue weighted by Gasteiger charge is -2.17. The number of ether oxygens (including phenoxy) is 2. The zero-order chi connectivity index (χ0) is 23.6. The first-order valence-electron chi connectivity index (χ1n) is 10.5. The van der Waals surface area contributed by atoms with Crippen LogP contribution in [0.3, 0.4) is 0 Å². The molecule has 9 nitrogen and oxygen atoms in total. The molecule has 0 spiro atoms. The van der Waals surface area contributed by atoms with Gasteiger partial charge in [0.2, 0.25) is 6.35 Å². The van der Waals surface area contributed by atoms with Gasteiger partial charge in [0.15, 0.2) is 0 Å². The van der Waals surface area contributed by atoms with Gasteiger partial charge in [0.05, 0.1) is 0 Å². The van der Waals surface area contributed by atoms with E-state index in [4.69, 9.17) is 9.47 Å². The average molecular weight is 452 g/mol. The van der Waals surface area contributed by atoms with Crippen molar-refractivity contribution in [3.63, 3.8) is 0 Å². The third-order valence-electron chi connectivity index (χ3n) is 4.55. The molecular weight excluding hydrogens is 422 g/mol. The van der Waals surface area contributed by atoms with Crippen molar-refractivity contribution in [1.29, 1.82) is 0 Å². The zero-order valence-electron chi connectivity index (χ0n) is 18.9. The number of nitrogens with zero attached hydrogens (tertiary/aromatic N) is 2. The number of anilines is 2. The maximum absolute atomic E-state index is 11.7. The molecule has 0 aliphatic carbocycles. The number of rotatable bonds is 11. The van der Waals surface area contributed by atoms with Crippen molar-refractivity contribution in [1.82, 2.24) is 15.2 Å². The second-order valence-corrected chi connectivity index (χ2v) is 7.45. The van der Waals surface area contributed by atoms with Crippen LogP contribution in [0.2, 0.25) is 0 Å². The number of aliphatic hydroxyl groups excluding tert-OH is 1. The third kappa shape index (κ3) is 7.67. The molecule has 0 fully saturated rings. The van der Waals surface area contributed by atoms with Crippen LogP contribution in [0.25, 0.3) is 0 Å². The van der Waals surface area contributed by atoms with Gasteiger partial charge in [-0.1, -0.05) is 0 Å². The molecular formula is C24H29N5O4. The molecule has 4 N–H and O–H groups in total. The van der Waals surface area contributed by atoms with E-state index in [0.29, 0.717) is 23.8 Å². The lowest BCUT2D eigenvalue weighted by Crippen LogP contribution is -2.27. The maximum Gasteiger partial charge on any atom is 0.269 e. The minimum Gasteiger partial charge on any atom is -0.492 e. The molecule has 0 bridgehead atoms. The molecule has 1 heterocycles. The first kappa shape index (κ1) is 23.8. The fraction of sp³-hybridized carbons (Fsp3) is 0.250. The standard InChI is InChI=1S/C24H29N5O4/c1-25-23(30)22-16-21(12-13-26-22)33-20-10-6-18(7-11-20)28-24(31)27-17-4-8-19(9-5-17)32-15-14-29(2)3/h4-13,16,24,27-28,31H,14-15H2,1-3H3,(H,25,30). The molecule has 1 amide bonds. The van der Waals surface area contributed by atoms with Gasteiger partial charge >= 0.3 is 0 Å². The molecule has 174 valence electrons. The van der Waals surface area contributed by atoms with E-state index in [2.05, 4.69) is 25.8 Å². The summed E-state index contributed by atoms with van der Waals surface area (Å²) in [6.07, 6.45) is 0.521. The van der Waals surface area contributed by atoms with Crippen molar-refractivity contribution in [3.05, 3.63) is 72.6 Å². The summed E-state index contributed by atoms with van der Waals surface area (Å²) in [5.41, 5.74) is 1.72. The minimum atomic E-state index is -0.993. The third-order valence-corrected chi connectivity index (χ3v) is 4.55. The number of pyridine rings is 1. The summed E-state index contributed by atoms with van der Waals surface area (Å²) in [6, 6.07) is 17.7. The van der Waals surface area contributed by atoms with Crippen LogP contribution in [0.1, 0.15) is 10.5 Å². The van der Waals surface area contributed by atoms with E-state index in [-0.39, 0.29) is 11.6 Å². The van der Waals surface area contributed by atoms with Crippen LogP contribution in [-0.4, -0.2) is 61.5 Å². The van der Waals surface area contributed by atoms with Crippen LogP contribution in [0.4, 0.5) is 11.4 Å². The summed E-state index contributed by atoms with van der Waals surface area (Å²) in [6.45, 7) is 1.45. The largest absolute Gasteiger partial charge is 0.492 e. The van der Waals surface area contributed by atoms with Crippen LogP contribution < -0.4 is 25.4 Å². The molecule has 33 heavy (non-hydrogen) atoms. The number of likely N-dealkylation sites (N-methyl/N-ethyl adjacent to an activating group) is 1. The van der Waals surface area contributed by atoms with Gasteiger partial charge in [-0.15, -0.1) is 0 Å². The topological polar surface area (TPSA) is 108 Å². The molecule has 3 aromatic rings. The van der Waals surface area contributed by atoms with Gasteiger partial charge in [-0.2, -0.15) is 0 Å². The van der Waals surface area contributed by atoms with Gasteiger partial charge in [-0.25, -0.2) is 0 Å². The van der Waals surface area contributed by atoms with Crippen molar-refractivity contribution in [3.8, 4) is 17.2 Å². The quantitative estimate of drug-likeness (QED) is 0.330. The van der Waals surface area contributed by atoms with E-state index < -0.39 is 6.35 Å². The van der Waals surface area contributed by atoms with Gasteiger partial charge in [-0.05, 0) is 68.7 Å². The molecule has 2 aromatic carbocycles. The summed E-state index contributed by atoms with van der Waals surface area (Å²) in [5, 5.41) is 18.8. The molecule has 0 saturated heterocycles. The van der Waals surface area contributed by atoms with E-state index in [0.717, 1.165) is 18.0 Å². The van der Waals surface area contributed by atoms with Crippen LogP contribution >= 0.6 is 0 Å². The number of hydrogen-bond donors (Lipinski definition) is 4. The lowest BCUT2D eigenvalue weighted by molar-refractivity contribution is 0.0958. The monoisotopic (exact) mass is 451 g/mol. The zero-order valence-corrected chi connectivity index (χ0v) is 18.9. The molecule has 1 aromatic heterocycles. The van der Waals surface area contributed by atoms with Crippen molar-refractivity contribution in [2.45, 2.75) is 6.35 Å². The van der Waals surface area contributed by atoms with Gasteiger partial charge in [0, 0.05) is 37.2 Å². The van der Waals surface area contributed by atoms with Gasteiger partial charge in [0.25, 0.3) is 5.91 Å². The summed E-state index contributed by atoms with van der Waals surface area (Å²) >= 11 is 0. The number of nitrogens with one attached hydrogen (secondary N) is 3. The first-order valence-corrected chi connectivity index (χ1v) is 10.5. The summed E-state index contributed by atoms with van der Waals surface area (Å²) < 4.78 is 11.4. The maximum atomic E-state index is 11.7. The minimum absolute atomic E-state index is 0.274. The van der Waals surface area contributed by atoms with Gasteiger partial charge in [0.1, 0.15) is 29.5 Å². The number of aromatic nitrogens is 1. The summed E-state index contributed by atoms with van der Waals surface area (Å²) in [7, 11) is 5.54. The van der Waals surface area contributed by atoms with Crippen molar-refractivity contribution >= 4 is 17.3 Å². The SMILES string of the molecule is CNC(=O)c1cc(Oc2ccc(NC(O)Nc3ccc(OCCN(C)C)cc3)cc2)ccn1. The Balaban J connectivity index is 1.50. The van der Waals surface area contributed by atoms with Gasteiger partial charge < -0.3 is 35.4 Å². The Kier molecular flexibility index (Phi) is 8.45. The summed E-state index contributed by atoms with van der Waals surface area (Å²) in [4.78, 5) is 17.8. The second kappa shape index (κ2) is 11.7. The number of carbonyl (C=O) groups excluding carboxylic acids is 1. The number of hydrogen-bond acceptors (Lipinski definition) is 8. The Morgan fingerprint density at radius 3 is 2.15 bits per heavy atom. The number of amides is 1. The van der Waals surface area contributed by atoms with Crippen molar-refractivity contribution in [2.75, 3.05) is 44.9 Å². The van der Waals surface area contributed by atoms with Crippen LogP contribution in [0, 0.1) is 0 Å². The predicted octanol–water partition coefficient (Wildman–Crippen LogP) is 2.97. The first-order chi connectivity index (χ1) is 15.9. The van der Waals surface area contributed by atoms with Crippen molar-refractivity contribution < 1.29 is 19.4 Å². The Labute approximate surface area is 193 Å². The van der Waals surface area contributed by atoms with E-state index in [9.17, 15) is 9.90 Å². The number of carbonyl (C=O) groups is 1. The Morgan fingerprint density at radius 1 is 0.970 bits per heavy atom. The highest BCUT2D eigenvalue weighted by atomic mass is 16.5. The molecule has 0 saturated carbocycles. The van der Waals surface area contributed by atoms with Gasteiger partial charge in [-0.3, -0.25) is 9.78 Å². The van der Waals surface area contributed by atoms with Crippen LogP contribution in [0.5, 0.6) is 17.2 Å². The van der Waals surface area contributed by atoms with E-state index in [1.165, 1.54) is 6.20 Å².